The highest BCUT2D eigenvalue weighted by atomic mass is 79.9. The van der Waals surface area contributed by atoms with E-state index in [0.717, 1.165) is 12.8 Å². The number of anilines is 2. The second kappa shape index (κ2) is 13.2. The lowest BCUT2D eigenvalue weighted by Crippen LogP contribution is -2.33. The number of nitro benzene ring substituents is 1. The molecule has 0 radical (unpaired) electrons. The standard InChI is InChI=1S/C30H34BrN5O5S/c1-4-8-19-12-24-29(27(37)13-19)28(22(16-32)18(3)34-24)21-14-23(31)30(25(15-21)35-42(40,41)11-5-2)33-17-20-9-6-7-10-26(20)36(38)39/h6-7,9-10,14-15,19,22,28,33,35H,4-5,8,11-13,17H2,1-3H3. The highest BCUT2D eigenvalue weighted by Gasteiger charge is 2.41. The highest BCUT2D eigenvalue weighted by Crippen LogP contribution is 2.47. The average Bonchev–Trinajstić information content (AvgIpc) is 2.91. The van der Waals surface area contributed by atoms with Gasteiger partial charge >= 0.3 is 0 Å². The van der Waals surface area contributed by atoms with Gasteiger partial charge in [0.2, 0.25) is 10.0 Å². The number of sulfonamides is 1. The first-order valence-corrected chi connectivity index (χ1v) is 16.4. The number of aliphatic imine (C=N–C) groups is 1. The van der Waals surface area contributed by atoms with E-state index in [0.29, 0.717) is 57.5 Å². The Morgan fingerprint density at radius 1 is 1.19 bits per heavy atom. The minimum absolute atomic E-state index is 0.0287. The van der Waals surface area contributed by atoms with Crippen LogP contribution in [0.1, 0.15) is 69.9 Å². The maximum absolute atomic E-state index is 13.5. The summed E-state index contributed by atoms with van der Waals surface area (Å²) in [6.07, 6.45) is 3.32. The van der Waals surface area contributed by atoms with Crippen LogP contribution in [0, 0.1) is 33.3 Å². The molecule has 0 saturated carbocycles. The molecule has 0 saturated heterocycles. The van der Waals surface area contributed by atoms with Gasteiger partial charge in [-0.1, -0.05) is 38.5 Å². The van der Waals surface area contributed by atoms with E-state index in [2.05, 4.69) is 39.0 Å². The van der Waals surface area contributed by atoms with Crippen LogP contribution in [-0.2, 0) is 21.4 Å². The fourth-order valence-electron chi connectivity index (χ4n) is 5.85. The molecule has 0 fully saturated rings. The Labute approximate surface area is 254 Å². The second-order valence-corrected chi connectivity index (χ2v) is 13.5. The van der Waals surface area contributed by atoms with E-state index in [1.165, 1.54) is 6.07 Å². The number of carbonyl (C=O) groups is 1. The molecule has 0 amide bonds. The van der Waals surface area contributed by atoms with E-state index < -0.39 is 26.8 Å². The smallest absolute Gasteiger partial charge is 0.274 e. The summed E-state index contributed by atoms with van der Waals surface area (Å²) in [7, 11) is -3.74. The average molecular weight is 657 g/mol. The Hall–Kier alpha value is -3.56. The number of hydrogen-bond acceptors (Lipinski definition) is 8. The molecule has 1 heterocycles. The van der Waals surface area contributed by atoms with E-state index in [-0.39, 0.29) is 35.4 Å². The molecule has 4 rings (SSSR count). The lowest BCUT2D eigenvalue weighted by Gasteiger charge is -2.35. The third-order valence-corrected chi connectivity index (χ3v) is 9.77. The fraction of sp³-hybridized carbons (Fsp3) is 0.433. The molecule has 42 heavy (non-hydrogen) atoms. The van der Waals surface area contributed by atoms with Gasteiger partial charge in [-0.15, -0.1) is 0 Å². The zero-order valence-electron chi connectivity index (χ0n) is 23.8. The van der Waals surface area contributed by atoms with Gasteiger partial charge in [0.15, 0.2) is 5.78 Å². The highest BCUT2D eigenvalue weighted by molar-refractivity contribution is 9.10. The van der Waals surface area contributed by atoms with Gasteiger partial charge in [-0.3, -0.25) is 24.6 Å². The molecule has 2 aromatic rings. The molecule has 222 valence electrons. The van der Waals surface area contributed by atoms with Crippen LogP contribution < -0.4 is 10.0 Å². The topological polar surface area (TPSA) is 155 Å². The summed E-state index contributed by atoms with van der Waals surface area (Å²) in [5.74, 6) is -1.25. The third kappa shape index (κ3) is 6.73. The number of carbonyl (C=O) groups excluding carboxylic acids is 1. The van der Waals surface area contributed by atoms with Crippen molar-refractivity contribution in [2.75, 3.05) is 15.8 Å². The van der Waals surface area contributed by atoms with Gasteiger partial charge in [-0.25, -0.2) is 8.42 Å². The molecule has 2 aromatic carbocycles. The van der Waals surface area contributed by atoms with Crippen molar-refractivity contribution in [3.05, 3.63) is 73.4 Å². The quantitative estimate of drug-likeness (QED) is 0.198. The molecule has 1 aliphatic heterocycles. The van der Waals surface area contributed by atoms with Crippen LogP contribution in [0.2, 0.25) is 0 Å². The number of benzene rings is 2. The lowest BCUT2D eigenvalue weighted by molar-refractivity contribution is -0.385. The molecule has 10 nitrogen and oxygen atoms in total. The molecule has 2 N–H and O–H groups in total. The summed E-state index contributed by atoms with van der Waals surface area (Å²) in [5.41, 5.74) is 3.42. The maximum atomic E-state index is 13.5. The lowest BCUT2D eigenvalue weighted by atomic mass is 9.70. The zero-order valence-corrected chi connectivity index (χ0v) is 26.2. The number of nitriles is 1. The molecule has 1 aliphatic carbocycles. The van der Waals surface area contributed by atoms with Crippen molar-refractivity contribution < 1.29 is 18.1 Å². The van der Waals surface area contributed by atoms with Gasteiger partial charge in [-0.05, 0) is 65.7 Å². The molecule has 3 unspecified atom stereocenters. The number of nitro groups is 1. The summed E-state index contributed by atoms with van der Waals surface area (Å²) in [6, 6.07) is 12.1. The van der Waals surface area contributed by atoms with E-state index in [9.17, 15) is 28.6 Å². The molecular formula is C30H34BrN5O5S. The van der Waals surface area contributed by atoms with Crippen LogP contribution in [0.25, 0.3) is 0 Å². The van der Waals surface area contributed by atoms with Crippen LogP contribution >= 0.6 is 15.9 Å². The first-order valence-electron chi connectivity index (χ1n) is 14.0. The van der Waals surface area contributed by atoms with Crippen LogP contribution in [0.5, 0.6) is 0 Å². The summed E-state index contributed by atoms with van der Waals surface area (Å²) in [6.45, 7) is 5.69. The summed E-state index contributed by atoms with van der Waals surface area (Å²) in [5, 5.41) is 24.9. The van der Waals surface area contributed by atoms with Crippen molar-refractivity contribution in [3.63, 3.8) is 0 Å². The Balaban J connectivity index is 1.82. The van der Waals surface area contributed by atoms with Crippen molar-refractivity contribution in [3.8, 4) is 6.07 Å². The second-order valence-electron chi connectivity index (χ2n) is 10.8. The SMILES string of the molecule is CCCC1CC(=O)C2=C(C1)N=C(C)C(C#N)C2c1cc(Br)c(NCc2ccccc2[N+](=O)[O-])c(NS(=O)(=O)CCC)c1. The minimum Gasteiger partial charge on any atom is -0.378 e. The molecule has 2 aliphatic rings. The fourth-order valence-corrected chi connectivity index (χ4v) is 7.61. The van der Waals surface area contributed by atoms with Crippen molar-refractivity contribution in [2.24, 2.45) is 16.8 Å². The predicted molar refractivity (Wildman–Crippen MR) is 167 cm³/mol. The molecule has 3 atom stereocenters. The van der Waals surface area contributed by atoms with Crippen molar-refractivity contribution in [2.45, 2.75) is 65.3 Å². The van der Waals surface area contributed by atoms with Gasteiger partial charge in [0, 0.05) is 52.0 Å². The van der Waals surface area contributed by atoms with Gasteiger partial charge in [-0.2, -0.15) is 5.26 Å². The van der Waals surface area contributed by atoms with Crippen molar-refractivity contribution in [1.82, 2.24) is 0 Å². The van der Waals surface area contributed by atoms with E-state index in [1.54, 1.807) is 44.2 Å². The Bertz CT molecular complexity index is 1610. The number of nitrogens with one attached hydrogen (secondary N) is 2. The van der Waals surface area contributed by atoms with Gasteiger partial charge in [0.1, 0.15) is 0 Å². The van der Waals surface area contributed by atoms with E-state index in [4.69, 9.17) is 4.99 Å². The predicted octanol–water partition coefficient (Wildman–Crippen LogP) is 6.85. The van der Waals surface area contributed by atoms with Crippen molar-refractivity contribution in [1.29, 1.82) is 5.26 Å². The number of hydrogen-bond donors (Lipinski definition) is 2. The maximum Gasteiger partial charge on any atom is 0.274 e. The van der Waals surface area contributed by atoms with Gasteiger partial charge < -0.3 is 5.32 Å². The normalized spacial score (nSPS) is 20.4. The number of halogens is 1. The van der Waals surface area contributed by atoms with E-state index >= 15 is 0 Å². The first-order chi connectivity index (χ1) is 20.0. The summed E-state index contributed by atoms with van der Waals surface area (Å²) in [4.78, 5) is 29.3. The van der Waals surface area contributed by atoms with E-state index in [1.807, 2.05) is 0 Å². The zero-order chi connectivity index (χ0) is 30.6. The number of Topliss-reactive ketones (excluding diaryl/α,β-unsaturated/α-hetero) is 1. The minimum atomic E-state index is -3.74. The van der Waals surface area contributed by atoms with Gasteiger partial charge in [0.25, 0.3) is 5.69 Å². The molecule has 12 heteroatoms. The number of rotatable bonds is 11. The van der Waals surface area contributed by atoms with Crippen LogP contribution in [0.15, 0.2) is 57.1 Å². The van der Waals surface area contributed by atoms with Crippen LogP contribution in [0.3, 0.4) is 0 Å². The number of allylic oxidation sites excluding steroid dienone is 2. The Kier molecular flexibility index (Phi) is 9.84. The third-order valence-electron chi connectivity index (χ3n) is 7.66. The number of nitrogens with zero attached hydrogens (tertiary/aromatic N) is 3. The molecular weight excluding hydrogens is 622 g/mol. The first kappa shape index (κ1) is 31.4. The largest absolute Gasteiger partial charge is 0.378 e. The molecule has 0 spiro atoms. The van der Waals surface area contributed by atoms with Crippen molar-refractivity contribution >= 4 is 54.5 Å². The Morgan fingerprint density at radius 2 is 1.93 bits per heavy atom. The number of ketones is 1. The summed E-state index contributed by atoms with van der Waals surface area (Å²) >= 11 is 3.58. The van der Waals surface area contributed by atoms with Gasteiger partial charge in [0.05, 0.1) is 34.0 Å². The number of para-hydroxylation sites is 1. The monoisotopic (exact) mass is 655 g/mol. The molecule has 0 bridgehead atoms. The Morgan fingerprint density at radius 3 is 2.60 bits per heavy atom. The van der Waals surface area contributed by atoms with Crippen LogP contribution in [0.4, 0.5) is 17.1 Å². The van der Waals surface area contributed by atoms with Crippen LogP contribution in [-0.4, -0.2) is 30.6 Å². The molecule has 0 aromatic heterocycles. The summed E-state index contributed by atoms with van der Waals surface area (Å²) < 4.78 is 29.0.